The average molecular weight is 352 g/mol. The zero-order valence-electron chi connectivity index (χ0n) is 15.5. The van der Waals surface area contributed by atoms with Crippen LogP contribution in [-0.2, 0) is 6.54 Å². The van der Waals surface area contributed by atoms with E-state index in [0.717, 1.165) is 62.4 Å². The fraction of sp³-hybridized carbons (Fsp3) is 0.524. The average Bonchev–Trinajstić information content (AvgIpc) is 2.68. The topological polar surface area (TPSA) is 61.3 Å². The summed E-state index contributed by atoms with van der Waals surface area (Å²) in [6.07, 6.45) is 7.26. The lowest BCUT2D eigenvalue weighted by molar-refractivity contribution is -0.0223. The van der Waals surface area contributed by atoms with E-state index in [1.807, 2.05) is 24.5 Å². The number of aryl methyl sites for hydroxylation is 1. The van der Waals surface area contributed by atoms with Crippen LogP contribution in [0.2, 0.25) is 0 Å². The second-order valence-corrected chi connectivity index (χ2v) is 7.91. The van der Waals surface area contributed by atoms with Crippen LogP contribution in [0.4, 0.5) is 0 Å². The number of aliphatic hydroxyl groups is 1. The Bertz CT molecular complexity index is 748. The Morgan fingerprint density at radius 1 is 1.31 bits per heavy atom. The summed E-state index contributed by atoms with van der Waals surface area (Å²) in [6, 6.07) is 8.74. The predicted molar refractivity (Wildman–Crippen MR) is 103 cm³/mol. The third kappa shape index (κ3) is 3.52. The molecule has 2 aliphatic rings. The van der Waals surface area contributed by atoms with Gasteiger partial charge in [-0.15, -0.1) is 0 Å². The number of hydrogen-bond acceptors (Lipinski definition) is 5. The molecule has 0 unspecified atom stereocenters. The number of aromatic nitrogens is 2. The number of hydrogen-bond donors (Lipinski definition) is 2. The van der Waals surface area contributed by atoms with Crippen LogP contribution in [-0.4, -0.2) is 52.3 Å². The van der Waals surface area contributed by atoms with Gasteiger partial charge in [-0.25, -0.2) is 9.97 Å². The van der Waals surface area contributed by atoms with Gasteiger partial charge in [0.2, 0.25) is 0 Å². The Morgan fingerprint density at radius 3 is 2.92 bits per heavy atom. The molecule has 2 fully saturated rings. The minimum atomic E-state index is 0.0128. The molecular formula is C21H28N4O. The summed E-state index contributed by atoms with van der Waals surface area (Å²) in [5, 5.41) is 13.7. The second kappa shape index (κ2) is 7.43. The highest BCUT2D eigenvalue weighted by Gasteiger charge is 2.44. The van der Waals surface area contributed by atoms with Gasteiger partial charge in [0, 0.05) is 54.6 Å². The molecule has 2 N–H and O–H groups in total. The van der Waals surface area contributed by atoms with Crippen molar-refractivity contribution >= 4 is 0 Å². The van der Waals surface area contributed by atoms with E-state index < -0.39 is 0 Å². The number of benzene rings is 1. The van der Waals surface area contributed by atoms with Crippen molar-refractivity contribution in [3.05, 3.63) is 47.8 Å². The summed E-state index contributed by atoms with van der Waals surface area (Å²) < 4.78 is 0. The van der Waals surface area contributed by atoms with Crippen LogP contribution in [0.15, 0.2) is 36.7 Å². The van der Waals surface area contributed by atoms with Gasteiger partial charge in [0.15, 0.2) is 5.82 Å². The number of likely N-dealkylation sites (tertiary alicyclic amines) is 1. The summed E-state index contributed by atoms with van der Waals surface area (Å²) >= 11 is 0. The van der Waals surface area contributed by atoms with E-state index in [1.165, 1.54) is 5.56 Å². The van der Waals surface area contributed by atoms with Gasteiger partial charge in [-0.05, 0) is 38.8 Å². The molecule has 5 nitrogen and oxygen atoms in total. The first-order valence-corrected chi connectivity index (χ1v) is 9.63. The number of rotatable bonds is 4. The van der Waals surface area contributed by atoms with Crippen molar-refractivity contribution in [2.75, 3.05) is 26.2 Å². The van der Waals surface area contributed by atoms with Gasteiger partial charge in [-0.3, -0.25) is 4.90 Å². The maximum atomic E-state index is 10.1. The molecule has 1 aromatic heterocycles. The molecule has 0 amide bonds. The number of piperidine rings is 2. The van der Waals surface area contributed by atoms with Crippen LogP contribution in [0.3, 0.4) is 0 Å². The van der Waals surface area contributed by atoms with Crippen molar-refractivity contribution in [2.45, 2.75) is 38.8 Å². The molecule has 2 aliphatic heterocycles. The van der Waals surface area contributed by atoms with E-state index in [9.17, 15) is 5.11 Å². The van der Waals surface area contributed by atoms with Gasteiger partial charge in [-0.1, -0.05) is 23.8 Å². The van der Waals surface area contributed by atoms with Gasteiger partial charge in [0.25, 0.3) is 0 Å². The highest BCUT2D eigenvalue weighted by atomic mass is 16.3. The summed E-state index contributed by atoms with van der Waals surface area (Å²) in [7, 11) is 0. The van der Waals surface area contributed by atoms with Gasteiger partial charge in [-0.2, -0.15) is 0 Å². The van der Waals surface area contributed by atoms with E-state index in [1.54, 1.807) is 0 Å². The molecule has 3 heterocycles. The molecule has 138 valence electrons. The second-order valence-electron chi connectivity index (χ2n) is 7.91. The van der Waals surface area contributed by atoms with Gasteiger partial charge < -0.3 is 10.4 Å². The number of nitrogens with zero attached hydrogens (tertiary/aromatic N) is 3. The zero-order chi connectivity index (χ0) is 18.0. The van der Waals surface area contributed by atoms with Gasteiger partial charge >= 0.3 is 0 Å². The molecule has 0 saturated carbocycles. The third-order valence-corrected chi connectivity index (χ3v) is 5.96. The molecule has 5 heteroatoms. The summed E-state index contributed by atoms with van der Waals surface area (Å²) in [6.45, 7) is 6.28. The summed E-state index contributed by atoms with van der Waals surface area (Å²) in [5.41, 5.74) is 3.42. The SMILES string of the molecule is Cc1cccc(-c2ncc(CN3CC[C@H]4NCCC[C@]4(CO)C3)cn2)c1. The van der Waals surface area contributed by atoms with E-state index in [2.05, 4.69) is 39.2 Å². The largest absolute Gasteiger partial charge is 0.396 e. The Hall–Kier alpha value is -1.82. The molecular weight excluding hydrogens is 324 g/mol. The summed E-state index contributed by atoms with van der Waals surface area (Å²) in [5.74, 6) is 0.777. The van der Waals surface area contributed by atoms with Gasteiger partial charge in [0.1, 0.15) is 0 Å². The standard InChI is InChI=1S/C21H28N4O/c1-16-4-2-5-18(10-16)20-23-11-17(12-24-20)13-25-9-6-19-21(14-25,15-26)7-3-8-22-19/h2,4-5,10-12,19,22,26H,3,6-9,13-15H2,1H3/t19-,21-/m1/s1. The maximum absolute atomic E-state index is 10.1. The predicted octanol–water partition coefficient (Wildman–Crippen LogP) is 2.39. The molecule has 4 rings (SSSR count). The fourth-order valence-corrected chi connectivity index (χ4v) is 4.54. The van der Waals surface area contributed by atoms with E-state index >= 15 is 0 Å². The zero-order valence-corrected chi connectivity index (χ0v) is 15.5. The smallest absolute Gasteiger partial charge is 0.159 e. The van der Waals surface area contributed by atoms with E-state index in [4.69, 9.17) is 0 Å². The van der Waals surface area contributed by atoms with Crippen LogP contribution in [0.5, 0.6) is 0 Å². The van der Waals surface area contributed by atoms with Crippen LogP contribution < -0.4 is 5.32 Å². The van der Waals surface area contributed by atoms with Gasteiger partial charge in [0.05, 0.1) is 6.61 Å². The molecule has 0 aliphatic carbocycles. The Kier molecular flexibility index (Phi) is 5.02. The fourth-order valence-electron chi connectivity index (χ4n) is 4.54. The Labute approximate surface area is 155 Å². The minimum Gasteiger partial charge on any atom is -0.396 e. The van der Waals surface area contributed by atoms with Crippen molar-refractivity contribution < 1.29 is 5.11 Å². The Balaban J connectivity index is 1.44. The molecule has 1 aromatic carbocycles. The van der Waals surface area contributed by atoms with E-state index in [-0.39, 0.29) is 12.0 Å². The highest BCUT2D eigenvalue weighted by molar-refractivity contribution is 5.55. The van der Waals surface area contributed by atoms with E-state index in [0.29, 0.717) is 6.04 Å². The first kappa shape index (κ1) is 17.6. The molecule has 0 radical (unpaired) electrons. The lowest BCUT2D eigenvalue weighted by Crippen LogP contribution is -2.61. The molecule has 0 spiro atoms. The molecule has 2 aromatic rings. The first-order chi connectivity index (χ1) is 12.7. The van der Waals surface area contributed by atoms with Crippen LogP contribution >= 0.6 is 0 Å². The summed E-state index contributed by atoms with van der Waals surface area (Å²) in [4.78, 5) is 11.6. The number of nitrogens with one attached hydrogen (secondary N) is 1. The molecule has 0 bridgehead atoms. The normalized spacial score (nSPS) is 26.5. The van der Waals surface area contributed by atoms with Crippen LogP contribution in [0, 0.1) is 12.3 Å². The van der Waals surface area contributed by atoms with Crippen LogP contribution in [0.1, 0.15) is 30.4 Å². The van der Waals surface area contributed by atoms with Crippen molar-refractivity contribution in [1.29, 1.82) is 0 Å². The van der Waals surface area contributed by atoms with Crippen LogP contribution in [0.25, 0.3) is 11.4 Å². The Morgan fingerprint density at radius 2 is 2.15 bits per heavy atom. The quantitative estimate of drug-likeness (QED) is 0.885. The molecule has 26 heavy (non-hydrogen) atoms. The van der Waals surface area contributed by atoms with Crippen molar-refractivity contribution in [1.82, 2.24) is 20.2 Å². The maximum Gasteiger partial charge on any atom is 0.159 e. The minimum absolute atomic E-state index is 0.0128. The molecule has 2 saturated heterocycles. The first-order valence-electron chi connectivity index (χ1n) is 9.63. The van der Waals surface area contributed by atoms with Crippen molar-refractivity contribution in [3.63, 3.8) is 0 Å². The number of fused-ring (bicyclic) bond motifs is 1. The number of aliphatic hydroxyl groups excluding tert-OH is 1. The lowest BCUT2D eigenvalue weighted by atomic mass is 9.71. The molecule has 2 atom stereocenters. The lowest BCUT2D eigenvalue weighted by Gasteiger charge is -2.50. The van der Waals surface area contributed by atoms with Crippen molar-refractivity contribution in [3.8, 4) is 11.4 Å². The third-order valence-electron chi connectivity index (χ3n) is 5.96. The highest BCUT2D eigenvalue weighted by Crippen LogP contribution is 2.37. The van der Waals surface area contributed by atoms with Crippen molar-refractivity contribution in [2.24, 2.45) is 5.41 Å². The monoisotopic (exact) mass is 352 g/mol.